The van der Waals surface area contributed by atoms with Gasteiger partial charge in [0.25, 0.3) is 11.7 Å². The third kappa shape index (κ3) is 5.82. The van der Waals surface area contributed by atoms with E-state index in [1.807, 2.05) is 19.0 Å². The number of amides is 1. The molecule has 8 heteroatoms. The Kier molecular flexibility index (Phi) is 9.36. The first-order valence-electron chi connectivity index (χ1n) is 12.2. The van der Waals surface area contributed by atoms with E-state index in [0.29, 0.717) is 47.9 Å². The summed E-state index contributed by atoms with van der Waals surface area (Å²) in [5.41, 5.74) is 1.02. The number of ether oxygens (including phenoxy) is 3. The van der Waals surface area contributed by atoms with Crippen LogP contribution in [0.2, 0.25) is 0 Å². The molecule has 1 aliphatic heterocycles. The van der Waals surface area contributed by atoms with Crippen LogP contribution in [0.4, 0.5) is 0 Å². The fraction of sp³-hybridized carbons (Fsp3) is 0.429. The summed E-state index contributed by atoms with van der Waals surface area (Å²) in [6, 6.07) is 11.4. The number of carbonyl (C=O) groups excluding carboxylic acids is 2. The second-order valence-corrected chi connectivity index (χ2v) is 8.96. The molecule has 1 saturated heterocycles. The third-order valence-corrected chi connectivity index (χ3v) is 6.17. The van der Waals surface area contributed by atoms with Gasteiger partial charge in [-0.3, -0.25) is 9.59 Å². The molecule has 2 aromatic carbocycles. The highest BCUT2D eigenvalue weighted by atomic mass is 16.5. The number of ketones is 1. The van der Waals surface area contributed by atoms with Crippen molar-refractivity contribution in [1.82, 2.24) is 9.80 Å². The molecule has 2 aromatic rings. The Labute approximate surface area is 213 Å². The van der Waals surface area contributed by atoms with Crippen molar-refractivity contribution in [2.75, 3.05) is 48.0 Å². The first-order chi connectivity index (χ1) is 17.3. The summed E-state index contributed by atoms with van der Waals surface area (Å²) in [5.74, 6) is -0.0497. The smallest absolute Gasteiger partial charge is 0.295 e. The van der Waals surface area contributed by atoms with Gasteiger partial charge in [0.15, 0.2) is 11.5 Å². The Balaban J connectivity index is 2.08. The number of hydrogen-bond donors (Lipinski definition) is 1. The van der Waals surface area contributed by atoms with Crippen LogP contribution < -0.4 is 14.2 Å². The summed E-state index contributed by atoms with van der Waals surface area (Å²) in [4.78, 5) is 30.0. The SMILES string of the molecule is CCCCOc1ccc(/C(O)=C2\C(=O)C(=O)N(CCCN(C)C)C2c2cccc(OC)c2OC)cc1. The van der Waals surface area contributed by atoms with Gasteiger partial charge in [-0.2, -0.15) is 0 Å². The lowest BCUT2D eigenvalue weighted by Crippen LogP contribution is -2.32. The molecule has 1 unspecified atom stereocenters. The number of hydrogen-bond acceptors (Lipinski definition) is 7. The fourth-order valence-corrected chi connectivity index (χ4v) is 4.32. The van der Waals surface area contributed by atoms with E-state index in [1.165, 1.54) is 19.1 Å². The average molecular weight is 497 g/mol. The molecule has 0 bridgehead atoms. The summed E-state index contributed by atoms with van der Waals surface area (Å²) in [6.07, 6.45) is 2.63. The van der Waals surface area contributed by atoms with Crippen molar-refractivity contribution >= 4 is 17.4 Å². The molecule has 1 heterocycles. The maximum absolute atomic E-state index is 13.3. The average Bonchev–Trinajstić information content (AvgIpc) is 3.13. The molecule has 1 atom stereocenters. The summed E-state index contributed by atoms with van der Waals surface area (Å²) < 4.78 is 16.8. The van der Waals surface area contributed by atoms with Crippen molar-refractivity contribution < 1.29 is 28.9 Å². The Hall–Kier alpha value is -3.52. The van der Waals surface area contributed by atoms with Crippen LogP contribution in [0.1, 0.15) is 43.4 Å². The maximum Gasteiger partial charge on any atom is 0.295 e. The molecule has 1 fully saturated rings. The van der Waals surface area contributed by atoms with Crippen molar-refractivity contribution in [3.05, 3.63) is 59.2 Å². The first kappa shape index (κ1) is 27.1. The maximum atomic E-state index is 13.3. The molecule has 36 heavy (non-hydrogen) atoms. The fourth-order valence-electron chi connectivity index (χ4n) is 4.32. The van der Waals surface area contributed by atoms with Crippen LogP contribution in [0, 0.1) is 0 Å². The van der Waals surface area contributed by atoms with E-state index < -0.39 is 17.7 Å². The number of aliphatic hydroxyl groups is 1. The number of aliphatic hydroxyl groups excluding tert-OH is 1. The quantitative estimate of drug-likeness (QED) is 0.203. The molecule has 0 aliphatic carbocycles. The number of likely N-dealkylation sites (tertiary alicyclic amines) is 1. The monoisotopic (exact) mass is 496 g/mol. The normalized spacial score (nSPS) is 17.1. The number of Topliss-reactive ketones (excluding diaryl/α,β-unsaturated/α-hetero) is 1. The predicted octanol–water partition coefficient (Wildman–Crippen LogP) is 4.26. The lowest BCUT2D eigenvalue weighted by molar-refractivity contribution is -0.140. The second kappa shape index (κ2) is 12.4. The van der Waals surface area contributed by atoms with Gasteiger partial charge in [0, 0.05) is 17.7 Å². The van der Waals surface area contributed by atoms with Crippen molar-refractivity contribution in [3.63, 3.8) is 0 Å². The molecular weight excluding hydrogens is 460 g/mol. The van der Waals surface area contributed by atoms with E-state index in [0.717, 1.165) is 19.4 Å². The van der Waals surface area contributed by atoms with E-state index in [2.05, 4.69) is 6.92 Å². The zero-order chi connectivity index (χ0) is 26.2. The number of rotatable bonds is 12. The zero-order valence-electron chi connectivity index (χ0n) is 21.7. The van der Waals surface area contributed by atoms with Crippen molar-refractivity contribution in [2.45, 2.75) is 32.2 Å². The molecule has 194 valence electrons. The van der Waals surface area contributed by atoms with Gasteiger partial charge < -0.3 is 29.1 Å². The van der Waals surface area contributed by atoms with E-state index in [1.54, 1.807) is 42.5 Å². The molecule has 3 rings (SSSR count). The predicted molar refractivity (Wildman–Crippen MR) is 139 cm³/mol. The third-order valence-electron chi connectivity index (χ3n) is 6.17. The van der Waals surface area contributed by atoms with Crippen LogP contribution in [0.5, 0.6) is 17.2 Å². The van der Waals surface area contributed by atoms with Gasteiger partial charge in [-0.15, -0.1) is 0 Å². The minimum Gasteiger partial charge on any atom is -0.507 e. The molecule has 8 nitrogen and oxygen atoms in total. The van der Waals surface area contributed by atoms with Gasteiger partial charge in [0.05, 0.1) is 32.4 Å². The van der Waals surface area contributed by atoms with Crippen LogP contribution in [0.3, 0.4) is 0 Å². The number of methoxy groups -OCH3 is 2. The van der Waals surface area contributed by atoms with Gasteiger partial charge >= 0.3 is 0 Å². The Bertz CT molecular complexity index is 1090. The summed E-state index contributed by atoms with van der Waals surface area (Å²) in [6.45, 7) is 3.78. The molecule has 0 aromatic heterocycles. The molecule has 0 saturated carbocycles. The lowest BCUT2D eigenvalue weighted by Gasteiger charge is -2.27. The van der Waals surface area contributed by atoms with Crippen LogP contribution >= 0.6 is 0 Å². The Morgan fingerprint density at radius 2 is 1.75 bits per heavy atom. The molecule has 0 spiro atoms. The zero-order valence-corrected chi connectivity index (χ0v) is 21.7. The number of unbranched alkanes of at least 4 members (excludes halogenated alkanes) is 1. The van der Waals surface area contributed by atoms with Crippen LogP contribution in [-0.2, 0) is 9.59 Å². The van der Waals surface area contributed by atoms with Gasteiger partial charge in [-0.1, -0.05) is 25.5 Å². The van der Waals surface area contributed by atoms with Gasteiger partial charge in [0.2, 0.25) is 0 Å². The molecule has 1 N–H and O–H groups in total. The van der Waals surface area contributed by atoms with Gasteiger partial charge in [0.1, 0.15) is 11.5 Å². The topological polar surface area (TPSA) is 88.5 Å². The summed E-state index contributed by atoms with van der Waals surface area (Å²) in [5, 5.41) is 11.3. The highest BCUT2D eigenvalue weighted by Crippen LogP contribution is 2.45. The van der Waals surface area contributed by atoms with E-state index in [-0.39, 0.29) is 11.3 Å². The highest BCUT2D eigenvalue weighted by Gasteiger charge is 2.47. The lowest BCUT2D eigenvalue weighted by atomic mass is 9.94. The van der Waals surface area contributed by atoms with E-state index in [9.17, 15) is 14.7 Å². The van der Waals surface area contributed by atoms with E-state index in [4.69, 9.17) is 14.2 Å². The number of carbonyl (C=O) groups is 2. The van der Waals surface area contributed by atoms with Crippen LogP contribution in [0.15, 0.2) is 48.0 Å². The van der Waals surface area contributed by atoms with Gasteiger partial charge in [-0.25, -0.2) is 0 Å². The Morgan fingerprint density at radius 1 is 1.03 bits per heavy atom. The van der Waals surface area contributed by atoms with Crippen LogP contribution in [0.25, 0.3) is 5.76 Å². The molecule has 0 radical (unpaired) electrons. The summed E-state index contributed by atoms with van der Waals surface area (Å²) in [7, 11) is 6.94. The van der Waals surface area contributed by atoms with Crippen molar-refractivity contribution in [3.8, 4) is 17.2 Å². The number of para-hydroxylation sites is 1. The molecular formula is C28H36N2O6. The second-order valence-electron chi connectivity index (χ2n) is 8.96. The molecule has 1 amide bonds. The van der Waals surface area contributed by atoms with Crippen molar-refractivity contribution in [1.29, 1.82) is 0 Å². The Morgan fingerprint density at radius 3 is 2.36 bits per heavy atom. The standard InChI is InChI=1S/C28H36N2O6/c1-6-7-18-36-20-14-12-19(13-15-20)25(31)23-24(21-10-8-11-22(34-4)27(21)35-5)30(28(33)26(23)32)17-9-16-29(2)3/h8,10-15,24,31H,6-7,9,16-18H2,1-5H3/b25-23+. The summed E-state index contributed by atoms with van der Waals surface area (Å²) >= 11 is 0. The van der Waals surface area contributed by atoms with Crippen molar-refractivity contribution in [2.24, 2.45) is 0 Å². The van der Waals surface area contributed by atoms with E-state index >= 15 is 0 Å². The minimum atomic E-state index is -0.822. The molecule has 1 aliphatic rings. The number of benzene rings is 2. The van der Waals surface area contributed by atoms with Crippen LogP contribution in [-0.4, -0.2) is 74.6 Å². The number of nitrogens with zero attached hydrogens (tertiary/aromatic N) is 2. The minimum absolute atomic E-state index is 0.0241. The largest absolute Gasteiger partial charge is 0.507 e. The highest BCUT2D eigenvalue weighted by molar-refractivity contribution is 6.46. The van der Waals surface area contributed by atoms with Gasteiger partial charge in [-0.05, 0) is 63.8 Å². The first-order valence-corrected chi connectivity index (χ1v) is 12.2.